The Bertz CT molecular complexity index is 169. The van der Waals surface area contributed by atoms with Crippen LogP contribution < -0.4 is 5.32 Å². The number of aliphatic hydroxyl groups excluding tert-OH is 2. The first-order chi connectivity index (χ1) is 6.63. The zero-order valence-corrected chi connectivity index (χ0v) is 9.29. The van der Waals surface area contributed by atoms with Gasteiger partial charge in [0.2, 0.25) is 0 Å². The van der Waals surface area contributed by atoms with Crippen molar-refractivity contribution in [3.63, 3.8) is 0 Å². The molecular formula is C11H23NO2. The predicted octanol–water partition coefficient (Wildman–Crippen LogP) is 0.898. The highest BCUT2D eigenvalue weighted by molar-refractivity contribution is 4.89. The van der Waals surface area contributed by atoms with Crippen LogP contribution in [-0.4, -0.2) is 35.0 Å². The first kappa shape index (κ1) is 12.0. The van der Waals surface area contributed by atoms with E-state index in [1.807, 2.05) is 6.92 Å². The summed E-state index contributed by atoms with van der Waals surface area (Å²) in [5.41, 5.74) is -0.507. The molecule has 84 valence electrons. The second kappa shape index (κ2) is 5.10. The molecule has 2 unspecified atom stereocenters. The van der Waals surface area contributed by atoms with Crippen molar-refractivity contribution in [2.45, 2.75) is 51.1 Å². The summed E-state index contributed by atoms with van der Waals surface area (Å²) in [4.78, 5) is 0. The normalized spacial score (nSPS) is 28.3. The molecule has 3 heteroatoms. The highest BCUT2D eigenvalue weighted by Crippen LogP contribution is 2.28. The minimum Gasteiger partial charge on any atom is -0.394 e. The Morgan fingerprint density at radius 2 is 1.93 bits per heavy atom. The van der Waals surface area contributed by atoms with Gasteiger partial charge in [0.05, 0.1) is 18.8 Å². The van der Waals surface area contributed by atoms with Crippen LogP contribution in [0.2, 0.25) is 0 Å². The van der Waals surface area contributed by atoms with E-state index in [4.69, 9.17) is 10.2 Å². The van der Waals surface area contributed by atoms with Crippen molar-refractivity contribution >= 4 is 0 Å². The van der Waals surface area contributed by atoms with Crippen LogP contribution in [0.15, 0.2) is 0 Å². The zero-order chi connectivity index (χ0) is 10.6. The number of rotatable bonds is 5. The highest BCUT2D eigenvalue weighted by atomic mass is 16.3. The quantitative estimate of drug-likeness (QED) is 0.619. The third kappa shape index (κ3) is 2.94. The molecular weight excluding hydrogens is 178 g/mol. The lowest BCUT2D eigenvalue weighted by Crippen LogP contribution is -2.52. The Balaban J connectivity index is 2.37. The molecule has 0 saturated heterocycles. The van der Waals surface area contributed by atoms with E-state index in [1.165, 1.54) is 25.7 Å². The van der Waals surface area contributed by atoms with Gasteiger partial charge in [0.15, 0.2) is 0 Å². The van der Waals surface area contributed by atoms with E-state index < -0.39 is 5.54 Å². The van der Waals surface area contributed by atoms with Crippen molar-refractivity contribution in [2.75, 3.05) is 13.2 Å². The molecule has 0 heterocycles. The molecule has 14 heavy (non-hydrogen) atoms. The number of hydrogen-bond donors (Lipinski definition) is 3. The Labute approximate surface area is 86.5 Å². The topological polar surface area (TPSA) is 52.5 Å². The summed E-state index contributed by atoms with van der Waals surface area (Å²) in [6.07, 6.45) is 4.88. The van der Waals surface area contributed by atoms with Crippen molar-refractivity contribution in [3.8, 4) is 0 Å². The van der Waals surface area contributed by atoms with Crippen LogP contribution in [0.3, 0.4) is 0 Å². The molecule has 0 aromatic rings. The van der Waals surface area contributed by atoms with Gasteiger partial charge < -0.3 is 15.5 Å². The first-order valence-electron chi connectivity index (χ1n) is 5.63. The predicted molar refractivity (Wildman–Crippen MR) is 57.1 cm³/mol. The monoisotopic (exact) mass is 201 g/mol. The molecule has 3 nitrogen and oxygen atoms in total. The molecule has 1 rings (SSSR count). The van der Waals surface area contributed by atoms with E-state index in [9.17, 15) is 0 Å². The molecule has 2 atom stereocenters. The summed E-state index contributed by atoms with van der Waals surface area (Å²) in [5.74, 6) is 0.828. The maximum Gasteiger partial charge on any atom is 0.0633 e. The van der Waals surface area contributed by atoms with E-state index in [0.29, 0.717) is 6.04 Å². The van der Waals surface area contributed by atoms with Gasteiger partial charge in [-0.25, -0.2) is 0 Å². The van der Waals surface area contributed by atoms with E-state index in [-0.39, 0.29) is 13.2 Å². The number of aliphatic hydroxyl groups is 2. The number of hydrogen-bond acceptors (Lipinski definition) is 3. The maximum absolute atomic E-state index is 9.15. The van der Waals surface area contributed by atoms with Crippen LogP contribution in [0.25, 0.3) is 0 Å². The number of nitrogens with one attached hydrogen (secondary N) is 1. The fourth-order valence-corrected chi connectivity index (χ4v) is 2.21. The molecule has 0 aliphatic heterocycles. The summed E-state index contributed by atoms with van der Waals surface area (Å²) >= 11 is 0. The lowest BCUT2D eigenvalue weighted by atomic mass is 10.0. The van der Waals surface area contributed by atoms with E-state index in [0.717, 1.165) is 5.92 Å². The average Bonchev–Trinajstić information content (AvgIpc) is 2.65. The summed E-state index contributed by atoms with van der Waals surface area (Å²) < 4.78 is 0. The van der Waals surface area contributed by atoms with Crippen LogP contribution in [0.4, 0.5) is 0 Å². The maximum atomic E-state index is 9.15. The first-order valence-corrected chi connectivity index (χ1v) is 5.63. The summed E-state index contributed by atoms with van der Waals surface area (Å²) in [6.45, 7) is 4.09. The van der Waals surface area contributed by atoms with Gasteiger partial charge in [0.1, 0.15) is 0 Å². The van der Waals surface area contributed by atoms with Gasteiger partial charge >= 0.3 is 0 Å². The second-order valence-electron chi connectivity index (χ2n) is 4.81. The van der Waals surface area contributed by atoms with Gasteiger partial charge in [-0.1, -0.05) is 13.3 Å². The lowest BCUT2D eigenvalue weighted by molar-refractivity contribution is 0.0939. The molecule has 1 aliphatic rings. The third-order valence-electron chi connectivity index (χ3n) is 3.37. The fraction of sp³-hybridized carbons (Fsp3) is 1.00. The third-order valence-corrected chi connectivity index (χ3v) is 3.37. The van der Waals surface area contributed by atoms with Gasteiger partial charge in [0, 0.05) is 6.04 Å². The van der Waals surface area contributed by atoms with Crippen LogP contribution in [0.1, 0.15) is 39.5 Å². The smallest absolute Gasteiger partial charge is 0.0633 e. The Morgan fingerprint density at radius 3 is 2.36 bits per heavy atom. The molecule has 0 aromatic heterocycles. The molecule has 3 N–H and O–H groups in total. The van der Waals surface area contributed by atoms with E-state index >= 15 is 0 Å². The molecule has 0 aromatic carbocycles. The highest BCUT2D eigenvalue weighted by Gasteiger charge is 2.30. The van der Waals surface area contributed by atoms with E-state index in [1.54, 1.807) is 0 Å². The van der Waals surface area contributed by atoms with Gasteiger partial charge in [-0.3, -0.25) is 0 Å². The second-order valence-corrected chi connectivity index (χ2v) is 4.81. The van der Waals surface area contributed by atoms with Crippen molar-refractivity contribution in [1.29, 1.82) is 0 Å². The van der Waals surface area contributed by atoms with Gasteiger partial charge in [-0.15, -0.1) is 0 Å². The molecule has 0 radical (unpaired) electrons. The Morgan fingerprint density at radius 1 is 1.29 bits per heavy atom. The summed E-state index contributed by atoms with van der Waals surface area (Å²) in [7, 11) is 0. The van der Waals surface area contributed by atoms with Crippen LogP contribution in [0, 0.1) is 5.92 Å². The van der Waals surface area contributed by atoms with Crippen molar-refractivity contribution in [2.24, 2.45) is 5.92 Å². The van der Waals surface area contributed by atoms with Crippen molar-refractivity contribution in [3.05, 3.63) is 0 Å². The van der Waals surface area contributed by atoms with Crippen LogP contribution in [0.5, 0.6) is 0 Å². The Kier molecular flexibility index (Phi) is 4.35. The van der Waals surface area contributed by atoms with Crippen LogP contribution >= 0.6 is 0 Å². The standard InChI is InChI=1S/C11H23NO2/c1-3-9-4-5-10(6-9)12-11(2,7-13)8-14/h9-10,12-14H,3-8H2,1-2H3. The average molecular weight is 201 g/mol. The lowest BCUT2D eigenvalue weighted by Gasteiger charge is -2.30. The van der Waals surface area contributed by atoms with Crippen LogP contribution in [-0.2, 0) is 0 Å². The molecule has 0 bridgehead atoms. The van der Waals surface area contributed by atoms with E-state index in [2.05, 4.69) is 12.2 Å². The summed E-state index contributed by atoms with van der Waals surface area (Å²) in [5, 5.41) is 21.6. The molecule has 0 spiro atoms. The van der Waals surface area contributed by atoms with Gasteiger partial charge in [-0.05, 0) is 32.1 Å². The molecule has 1 saturated carbocycles. The van der Waals surface area contributed by atoms with Gasteiger partial charge in [0.25, 0.3) is 0 Å². The largest absolute Gasteiger partial charge is 0.394 e. The van der Waals surface area contributed by atoms with Crippen molar-refractivity contribution in [1.82, 2.24) is 5.32 Å². The molecule has 1 aliphatic carbocycles. The van der Waals surface area contributed by atoms with Gasteiger partial charge in [-0.2, -0.15) is 0 Å². The SMILES string of the molecule is CCC1CCC(NC(C)(CO)CO)C1. The fourth-order valence-electron chi connectivity index (χ4n) is 2.21. The van der Waals surface area contributed by atoms with Crippen molar-refractivity contribution < 1.29 is 10.2 Å². The zero-order valence-electron chi connectivity index (χ0n) is 9.29. The molecule has 1 fully saturated rings. The minimum atomic E-state index is -0.507. The summed E-state index contributed by atoms with van der Waals surface area (Å²) in [6, 6.07) is 0.476. The minimum absolute atomic E-state index is 0.00318. The Hall–Kier alpha value is -0.120. The molecule has 0 amide bonds.